The number of hydrogen-bond acceptors (Lipinski definition) is 3. The van der Waals surface area contributed by atoms with Crippen LogP contribution in [0.1, 0.15) is 85.8 Å². The molecular formula is C34H39NO3. The molecule has 0 saturated carbocycles. The number of allylic oxidation sites excluding steroid dienone is 1. The van der Waals surface area contributed by atoms with Crippen LogP contribution < -0.4 is 0 Å². The van der Waals surface area contributed by atoms with Gasteiger partial charge < -0.3 is 9.30 Å². The Balaban J connectivity index is 1.57. The SMILES string of the molecule is C=C(C)c1ccc2c(c1)c1cc(C(=O)c3ccccc3C)ccc1n2CCC(=O)OCCCCCCCC. The molecule has 0 aliphatic rings. The van der Waals surface area contributed by atoms with Gasteiger partial charge in [-0.25, -0.2) is 0 Å². The van der Waals surface area contributed by atoms with Gasteiger partial charge in [0.05, 0.1) is 13.0 Å². The van der Waals surface area contributed by atoms with Crippen LogP contribution in [0.5, 0.6) is 0 Å². The van der Waals surface area contributed by atoms with E-state index in [2.05, 4.69) is 36.3 Å². The van der Waals surface area contributed by atoms with E-state index < -0.39 is 0 Å². The second-order valence-electron chi connectivity index (χ2n) is 10.3. The monoisotopic (exact) mass is 509 g/mol. The van der Waals surface area contributed by atoms with Gasteiger partial charge >= 0.3 is 5.97 Å². The largest absolute Gasteiger partial charge is 0.466 e. The number of aryl methyl sites for hydroxylation is 2. The number of carbonyl (C=O) groups excluding carboxylic acids is 2. The number of ketones is 1. The number of unbranched alkanes of at least 4 members (excludes halogenated alkanes) is 5. The molecule has 0 saturated heterocycles. The van der Waals surface area contributed by atoms with Crippen LogP contribution in [-0.2, 0) is 16.1 Å². The molecule has 4 aromatic rings. The summed E-state index contributed by atoms with van der Waals surface area (Å²) in [6.45, 7) is 11.3. The Labute approximate surface area is 226 Å². The molecular weight excluding hydrogens is 470 g/mol. The van der Waals surface area contributed by atoms with Gasteiger partial charge in [-0.15, -0.1) is 0 Å². The van der Waals surface area contributed by atoms with Crippen molar-refractivity contribution in [3.05, 3.63) is 89.5 Å². The fourth-order valence-corrected chi connectivity index (χ4v) is 5.08. The number of aromatic nitrogens is 1. The summed E-state index contributed by atoms with van der Waals surface area (Å²) in [5, 5.41) is 2.06. The summed E-state index contributed by atoms with van der Waals surface area (Å²) in [6.07, 6.45) is 7.29. The van der Waals surface area contributed by atoms with Crippen LogP contribution in [0.2, 0.25) is 0 Å². The quantitative estimate of drug-likeness (QED) is 0.103. The third kappa shape index (κ3) is 6.24. The van der Waals surface area contributed by atoms with Gasteiger partial charge in [0.2, 0.25) is 0 Å². The van der Waals surface area contributed by atoms with Gasteiger partial charge in [0.25, 0.3) is 0 Å². The molecule has 0 bridgehead atoms. The number of rotatable bonds is 13. The van der Waals surface area contributed by atoms with E-state index in [9.17, 15) is 9.59 Å². The highest BCUT2D eigenvalue weighted by Crippen LogP contribution is 2.33. The van der Waals surface area contributed by atoms with Crippen molar-refractivity contribution >= 4 is 39.1 Å². The van der Waals surface area contributed by atoms with Crippen molar-refractivity contribution in [2.24, 2.45) is 0 Å². The van der Waals surface area contributed by atoms with E-state index >= 15 is 0 Å². The number of carbonyl (C=O) groups is 2. The minimum absolute atomic E-state index is 0.0141. The highest BCUT2D eigenvalue weighted by molar-refractivity contribution is 6.15. The summed E-state index contributed by atoms with van der Waals surface area (Å²) in [4.78, 5) is 25.9. The summed E-state index contributed by atoms with van der Waals surface area (Å²) in [6, 6.07) is 19.9. The minimum Gasteiger partial charge on any atom is -0.466 e. The number of nitrogens with zero attached hydrogens (tertiary/aromatic N) is 1. The van der Waals surface area contributed by atoms with E-state index in [0.717, 1.165) is 51.3 Å². The lowest BCUT2D eigenvalue weighted by atomic mass is 9.97. The first kappa shape index (κ1) is 27.4. The number of esters is 1. The van der Waals surface area contributed by atoms with Gasteiger partial charge in [-0.05, 0) is 61.7 Å². The second kappa shape index (κ2) is 12.7. The van der Waals surface area contributed by atoms with E-state index in [4.69, 9.17) is 4.74 Å². The van der Waals surface area contributed by atoms with Crippen LogP contribution in [0.25, 0.3) is 27.4 Å². The van der Waals surface area contributed by atoms with Gasteiger partial charge in [-0.3, -0.25) is 9.59 Å². The molecule has 0 aliphatic heterocycles. The molecule has 4 nitrogen and oxygen atoms in total. The Morgan fingerprint density at radius 3 is 2.16 bits per heavy atom. The first-order valence-electron chi connectivity index (χ1n) is 13.9. The average Bonchev–Trinajstić information content (AvgIpc) is 3.23. The summed E-state index contributed by atoms with van der Waals surface area (Å²) in [5.41, 5.74) is 6.42. The molecule has 1 aromatic heterocycles. The normalized spacial score (nSPS) is 11.2. The Morgan fingerprint density at radius 1 is 0.842 bits per heavy atom. The molecule has 0 unspecified atom stereocenters. The molecule has 4 heteroatoms. The van der Waals surface area contributed by atoms with Crippen molar-refractivity contribution in [2.75, 3.05) is 6.61 Å². The standard InChI is InChI=1S/C34H39NO3/c1-5-6-7-8-9-12-21-38-33(36)19-20-35-31-17-15-26(24(2)3)22-29(31)30-23-27(16-18-32(30)35)34(37)28-14-11-10-13-25(28)4/h10-11,13-18,22-23H,2,5-9,12,19-21H2,1,3-4H3. The fraction of sp³-hybridized carbons (Fsp3) is 0.353. The molecule has 3 aromatic carbocycles. The molecule has 0 amide bonds. The third-order valence-electron chi connectivity index (χ3n) is 7.31. The predicted molar refractivity (Wildman–Crippen MR) is 158 cm³/mol. The fourth-order valence-electron chi connectivity index (χ4n) is 5.08. The van der Waals surface area contributed by atoms with Gasteiger partial charge in [0.15, 0.2) is 5.78 Å². The van der Waals surface area contributed by atoms with Gasteiger partial charge in [0, 0.05) is 39.5 Å². The van der Waals surface area contributed by atoms with E-state index in [1.165, 1.54) is 25.7 Å². The summed E-state index contributed by atoms with van der Waals surface area (Å²) >= 11 is 0. The Morgan fingerprint density at radius 2 is 1.47 bits per heavy atom. The first-order valence-corrected chi connectivity index (χ1v) is 13.9. The summed E-state index contributed by atoms with van der Waals surface area (Å²) in [5.74, 6) is -0.154. The lowest BCUT2D eigenvalue weighted by Gasteiger charge is -2.09. The smallest absolute Gasteiger partial charge is 0.307 e. The summed E-state index contributed by atoms with van der Waals surface area (Å²) < 4.78 is 7.69. The van der Waals surface area contributed by atoms with Gasteiger partial charge in [-0.1, -0.05) is 81.5 Å². The number of fused-ring (bicyclic) bond motifs is 3. The van der Waals surface area contributed by atoms with Crippen LogP contribution >= 0.6 is 0 Å². The topological polar surface area (TPSA) is 48.3 Å². The van der Waals surface area contributed by atoms with Crippen LogP contribution in [0.3, 0.4) is 0 Å². The zero-order chi connectivity index (χ0) is 27.1. The summed E-state index contributed by atoms with van der Waals surface area (Å²) in [7, 11) is 0. The van der Waals surface area contributed by atoms with Crippen LogP contribution in [-0.4, -0.2) is 22.9 Å². The molecule has 0 fully saturated rings. The highest BCUT2D eigenvalue weighted by Gasteiger charge is 2.17. The first-order chi connectivity index (χ1) is 18.4. The van der Waals surface area contributed by atoms with Crippen LogP contribution in [0.4, 0.5) is 0 Å². The van der Waals surface area contributed by atoms with Crippen molar-refractivity contribution in [3.63, 3.8) is 0 Å². The Hall–Kier alpha value is -3.66. The molecule has 0 spiro atoms. The lowest BCUT2D eigenvalue weighted by molar-refractivity contribution is -0.144. The molecule has 0 aliphatic carbocycles. The average molecular weight is 510 g/mol. The minimum atomic E-state index is -0.168. The Bertz CT molecular complexity index is 1460. The maximum absolute atomic E-state index is 13.4. The third-order valence-corrected chi connectivity index (χ3v) is 7.31. The molecule has 4 rings (SSSR count). The zero-order valence-corrected chi connectivity index (χ0v) is 23.0. The maximum atomic E-state index is 13.4. The lowest BCUT2D eigenvalue weighted by Crippen LogP contribution is -2.10. The number of ether oxygens (including phenoxy) is 1. The molecule has 38 heavy (non-hydrogen) atoms. The van der Waals surface area contributed by atoms with Crippen LogP contribution in [0.15, 0.2) is 67.2 Å². The van der Waals surface area contributed by atoms with E-state index in [1.807, 2.05) is 56.3 Å². The van der Waals surface area contributed by atoms with Crippen molar-refractivity contribution < 1.29 is 14.3 Å². The highest BCUT2D eigenvalue weighted by atomic mass is 16.5. The molecule has 0 N–H and O–H groups in total. The van der Waals surface area contributed by atoms with Crippen molar-refractivity contribution in [1.82, 2.24) is 4.57 Å². The maximum Gasteiger partial charge on any atom is 0.307 e. The predicted octanol–water partition coefficient (Wildman–Crippen LogP) is 8.66. The molecule has 0 atom stereocenters. The molecule has 0 radical (unpaired) electrons. The second-order valence-corrected chi connectivity index (χ2v) is 10.3. The number of hydrogen-bond donors (Lipinski definition) is 0. The van der Waals surface area contributed by atoms with Crippen molar-refractivity contribution in [2.45, 2.75) is 72.3 Å². The van der Waals surface area contributed by atoms with E-state index in [-0.39, 0.29) is 11.8 Å². The van der Waals surface area contributed by atoms with E-state index in [1.54, 1.807) is 0 Å². The van der Waals surface area contributed by atoms with Crippen molar-refractivity contribution in [3.8, 4) is 0 Å². The molecule has 1 heterocycles. The number of benzene rings is 3. The van der Waals surface area contributed by atoms with Gasteiger partial charge in [-0.2, -0.15) is 0 Å². The van der Waals surface area contributed by atoms with Crippen molar-refractivity contribution in [1.29, 1.82) is 0 Å². The molecule has 198 valence electrons. The Kier molecular flexibility index (Phi) is 9.17. The zero-order valence-electron chi connectivity index (χ0n) is 23.0. The van der Waals surface area contributed by atoms with E-state index in [0.29, 0.717) is 30.7 Å². The van der Waals surface area contributed by atoms with Crippen LogP contribution in [0, 0.1) is 6.92 Å². The van der Waals surface area contributed by atoms with Gasteiger partial charge in [0.1, 0.15) is 0 Å².